The van der Waals surface area contributed by atoms with Crippen molar-refractivity contribution in [2.45, 2.75) is 19.9 Å². The van der Waals surface area contributed by atoms with E-state index in [0.717, 1.165) is 3.57 Å². The molecule has 2 amide bonds. The number of carboxylic acids is 1. The van der Waals surface area contributed by atoms with E-state index in [1.807, 2.05) is 18.2 Å². The van der Waals surface area contributed by atoms with E-state index in [9.17, 15) is 9.59 Å². The van der Waals surface area contributed by atoms with Crippen LogP contribution in [0.3, 0.4) is 0 Å². The Morgan fingerprint density at radius 1 is 1.39 bits per heavy atom. The summed E-state index contributed by atoms with van der Waals surface area (Å²) in [5.41, 5.74) is 0.680. The van der Waals surface area contributed by atoms with Gasteiger partial charge in [0.05, 0.1) is 5.69 Å². The molecule has 1 aromatic rings. The maximum absolute atomic E-state index is 12.0. The van der Waals surface area contributed by atoms with Gasteiger partial charge in [0, 0.05) is 9.61 Å². The van der Waals surface area contributed by atoms with Crippen LogP contribution < -0.4 is 5.32 Å². The van der Waals surface area contributed by atoms with Crippen LogP contribution in [0.2, 0.25) is 0 Å². The molecule has 0 bridgehead atoms. The quantitative estimate of drug-likeness (QED) is 0.809. The van der Waals surface area contributed by atoms with Crippen molar-refractivity contribution >= 4 is 40.3 Å². The molecule has 0 saturated heterocycles. The minimum Gasteiger partial charge on any atom is -0.480 e. The second kappa shape index (κ2) is 6.58. The van der Waals surface area contributed by atoms with Crippen LogP contribution in [0.1, 0.15) is 13.8 Å². The number of urea groups is 1. The van der Waals surface area contributed by atoms with Crippen LogP contribution in [0.25, 0.3) is 0 Å². The molecule has 0 aliphatic rings. The number of rotatable bonds is 4. The van der Waals surface area contributed by atoms with E-state index in [2.05, 4.69) is 27.9 Å². The van der Waals surface area contributed by atoms with Gasteiger partial charge in [0.2, 0.25) is 0 Å². The van der Waals surface area contributed by atoms with Crippen molar-refractivity contribution < 1.29 is 14.7 Å². The average molecular weight is 362 g/mol. The highest BCUT2D eigenvalue weighted by molar-refractivity contribution is 14.1. The molecule has 1 rings (SSSR count). The number of carbonyl (C=O) groups is 2. The summed E-state index contributed by atoms with van der Waals surface area (Å²) < 4.78 is 0.905. The fraction of sp³-hybridized carbons (Fsp3) is 0.333. The van der Waals surface area contributed by atoms with Crippen molar-refractivity contribution in [1.82, 2.24) is 4.90 Å². The summed E-state index contributed by atoms with van der Waals surface area (Å²) in [5, 5.41) is 11.5. The van der Waals surface area contributed by atoms with Crippen molar-refractivity contribution in [1.29, 1.82) is 0 Å². The van der Waals surface area contributed by atoms with Crippen LogP contribution in [-0.2, 0) is 4.79 Å². The zero-order valence-electron chi connectivity index (χ0n) is 10.2. The van der Waals surface area contributed by atoms with E-state index < -0.39 is 12.0 Å². The van der Waals surface area contributed by atoms with E-state index in [0.29, 0.717) is 5.69 Å². The number of nitrogens with zero attached hydrogens (tertiary/aromatic N) is 1. The van der Waals surface area contributed by atoms with E-state index in [1.54, 1.807) is 19.9 Å². The number of para-hydroxylation sites is 1. The molecule has 0 aromatic heterocycles. The van der Waals surface area contributed by atoms with Crippen molar-refractivity contribution in [3.63, 3.8) is 0 Å². The number of benzene rings is 1. The minimum absolute atomic E-state index is 0.178. The van der Waals surface area contributed by atoms with Gasteiger partial charge in [-0.1, -0.05) is 12.1 Å². The Hall–Kier alpha value is -1.31. The van der Waals surface area contributed by atoms with E-state index in [4.69, 9.17) is 5.11 Å². The highest BCUT2D eigenvalue weighted by Crippen LogP contribution is 2.17. The van der Waals surface area contributed by atoms with Gasteiger partial charge in [0.25, 0.3) is 0 Å². The summed E-state index contributed by atoms with van der Waals surface area (Å²) in [7, 11) is 0. The molecule has 98 valence electrons. The predicted molar refractivity (Wildman–Crippen MR) is 77.7 cm³/mol. The standard InChI is InChI=1S/C12H15IN2O3/c1-8(2)15(7-11(16)17)12(18)14-10-6-4-3-5-9(10)13/h3-6,8H,7H2,1-2H3,(H,14,18)(H,16,17). The van der Waals surface area contributed by atoms with Gasteiger partial charge in [0.1, 0.15) is 6.54 Å². The molecule has 0 saturated carbocycles. The predicted octanol–water partition coefficient (Wildman–Crippen LogP) is 2.62. The van der Waals surface area contributed by atoms with Gasteiger partial charge in [-0.15, -0.1) is 0 Å². The highest BCUT2D eigenvalue weighted by Gasteiger charge is 2.20. The first kappa shape index (κ1) is 14.7. The molecule has 0 radical (unpaired) electrons. The Labute approximate surface area is 119 Å². The Kier molecular flexibility index (Phi) is 5.39. The van der Waals surface area contributed by atoms with E-state index >= 15 is 0 Å². The van der Waals surface area contributed by atoms with Gasteiger partial charge >= 0.3 is 12.0 Å². The van der Waals surface area contributed by atoms with Gasteiger partial charge in [-0.3, -0.25) is 4.79 Å². The molecule has 0 spiro atoms. The summed E-state index contributed by atoms with van der Waals surface area (Å²) >= 11 is 2.11. The zero-order chi connectivity index (χ0) is 13.7. The first-order valence-corrected chi connectivity index (χ1v) is 6.53. The molecule has 6 heteroatoms. The lowest BCUT2D eigenvalue weighted by atomic mass is 10.3. The summed E-state index contributed by atoms with van der Waals surface area (Å²) in [6.07, 6.45) is 0. The number of hydrogen-bond acceptors (Lipinski definition) is 2. The Bertz CT molecular complexity index is 449. The number of carbonyl (C=O) groups excluding carboxylic acids is 1. The third-order valence-corrected chi connectivity index (χ3v) is 3.25. The van der Waals surface area contributed by atoms with Crippen LogP contribution in [0.15, 0.2) is 24.3 Å². The molecule has 2 N–H and O–H groups in total. The van der Waals surface area contributed by atoms with Crippen LogP contribution in [0.5, 0.6) is 0 Å². The van der Waals surface area contributed by atoms with Crippen LogP contribution in [0, 0.1) is 3.57 Å². The summed E-state index contributed by atoms with van der Waals surface area (Å²) in [6.45, 7) is 3.24. The third kappa shape index (κ3) is 4.17. The Balaban J connectivity index is 2.79. The lowest BCUT2D eigenvalue weighted by Gasteiger charge is -2.25. The van der Waals surface area contributed by atoms with Crippen LogP contribution >= 0.6 is 22.6 Å². The molecule has 1 aromatic carbocycles. The lowest BCUT2D eigenvalue weighted by Crippen LogP contribution is -2.43. The number of carboxylic acid groups (broad SMARTS) is 1. The van der Waals surface area contributed by atoms with Gasteiger partial charge < -0.3 is 15.3 Å². The second-order valence-corrected chi connectivity index (χ2v) is 5.19. The van der Waals surface area contributed by atoms with Gasteiger partial charge in [-0.2, -0.15) is 0 Å². The molecule has 0 unspecified atom stereocenters. The van der Waals surface area contributed by atoms with Gasteiger partial charge in [-0.25, -0.2) is 4.79 Å². The number of amides is 2. The van der Waals surface area contributed by atoms with Crippen LogP contribution in [0.4, 0.5) is 10.5 Å². The maximum Gasteiger partial charge on any atom is 0.323 e. The van der Waals surface area contributed by atoms with E-state index in [1.165, 1.54) is 4.90 Å². The molecular weight excluding hydrogens is 347 g/mol. The highest BCUT2D eigenvalue weighted by atomic mass is 127. The third-order valence-electron chi connectivity index (χ3n) is 2.31. The zero-order valence-corrected chi connectivity index (χ0v) is 12.3. The van der Waals surface area contributed by atoms with Gasteiger partial charge in [0.15, 0.2) is 0 Å². The first-order valence-electron chi connectivity index (χ1n) is 5.45. The monoisotopic (exact) mass is 362 g/mol. The summed E-state index contributed by atoms with van der Waals surface area (Å²) in [5.74, 6) is -1.03. The summed E-state index contributed by atoms with van der Waals surface area (Å²) in [6, 6.07) is 6.74. The second-order valence-electron chi connectivity index (χ2n) is 4.03. The molecule has 0 fully saturated rings. The van der Waals surface area contributed by atoms with E-state index in [-0.39, 0.29) is 12.6 Å². The molecule has 0 heterocycles. The van der Waals surface area contributed by atoms with Crippen LogP contribution in [-0.4, -0.2) is 34.6 Å². The molecular formula is C12H15IN2O3. The van der Waals surface area contributed by atoms with Crippen molar-refractivity contribution in [2.75, 3.05) is 11.9 Å². The molecule has 5 nitrogen and oxygen atoms in total. The smallest absolute Gasteiger partial charge is 0.323 e. The Morgan fingerprint density at radius 2 is 2.00 bits per heavy atom. The largest absolute Gasteiger partial charge is 0.480 e. The minimum atomic E-state index is -1.03. The van der Waals surface area contributed by atoms with Gasteiger partial charge in [-0.05, 0) is 48.6 Å². The maximum atomic E-state index is 12.0. The number of halogens is 1. The molecule has 0 aliphatic carbocycles. The topological polar surface area (TPSA) is 69.6 Å². The number of aliphatic carboxylic acids is 1. The normalized spacial score (nSPS) is 10.2. The molecule has 18 heavy (non-hydrogen) atoms. The fourth-order valence-electron chi connectivity index (χ4n) is 1.38. The first-order chi connectivity index (χ1) is 8.41. The Morgan fingerprint density at radius 3 is 2.50 bits per heavy atom. The van der Waals surface area contributed by atoms with Crippen molar-refractivity contribution in [3.8, 4) is 0 Å². The number of hydrogen-bond donors (Lipinski definition) is 2. The van der Waals surface area contributed by atoms with Crippen molar-refractivity contribution in [2.24, 2.45) is 0 Å². The van der Waals surface area contributed by atoms with Crippen molar-refractivity contribution in [3.05, 3.63) is 27.8 Å². The average Bonchev–Trinajstić information content (AvgIpc) is 2.28. The lowest BCUT2D eigenvalue weighted by molar-refractivity contribution is -0.137. The fourth-order valence-corrected chi connectivity index (χ4v) is 1.91. The SMILES string of the molecule is CC(C)N(CC(=O)O)C(=O)Nc1ccccc1I. The number of nitrogens with one attached hydrogen (secondary N) is 1. The molecule has 0 aliphatic heterocycles. The molecule has 0 atom stereocenters. The summed E-state index contributed by atoms with van der Waals surface area (Å²) in [4.78, 5) is 24.0. The number of anilines is 1.